The Morgan fingerprint density at radius 3 is 2.14 bits per heavy atom. The largest absolute Gasteiger partial charge is 0.474 e. The van der Waals surface area contributed by atoms with E-state index in [-0.39, 0.29) is 19.0 Å². The molecule has 0 heterocycles. The molecule has 0 aliphatic heterocycles. The Bertz CT molecular complexity index is 1610. The number of unbranched alkanes of at least 4 members (excludes halogenated alkanes) is 2. The summed E-state index contributed by atoms with van der Waals surface area (Å²) in [4.78, 5) is 38.1. The quantitative estimate of drug-likeness (QED) is 0.148. The molecule has 4 aromatic carbocycles. The number of hydrogen-bond donors (Lipinski definition) is 2. The Kier molecular flexibility index (Phi) is 10.8. The highest BCUT2D eigenvalue weighted by atomic mass is 16.4. The zero-order chi connectivity index (χ0) is 30.6. The number of nitrogens with zero attached hydrogens (tertiary/aromatic N) is 2. The summed E-state index contributed by atoms with van der Waals surface area (Å²) in [6, 6.07) is 32.0. The molecule has 4 aromatic rings. The van der Waals surface area contributed by atoms with Crippen molar-refractivity contribution in [3.63, 3.8) is 0 Å². The van der Waals surface area contributed by atoms with E-state index in [1.807, 2.05) is 42.5 Å². The lowest BCUT2D eigenvalue weighted by molar-refractivity contribution is -0.156. The zero-order valence-corrected chi connectivity index (χ0v) is 24.3. The van der Waals surface area contributed by atoms with E-state index >= 15 is 0 Å². The number of amides is 2. The Labute approximate surface area is 252 Å². The maximum Gasteiger partial charge on any atom is 0.394 e. The van der Waals surface area contributed by atoms with Gasteiger partial charge in [0.15, 0.2) is 0 Å². The number of nitriles is 1. The fraction of sp³-hybridized carbons (Fsp3) is 0.222. The summed E-state index contributed by atoms with van der Waals surface area (Å²) in [6.45, 7) is 2.79. The molecule has 0 unspecified atom stereocenters. The van der Waals surface area contributed by atoms with E-state index in [9.17, 15) is 19.5 Å². The van der Waals surface area contributed by atoms with Crippen LogP contribution in [0.15, 0.2) is 97.1 Å². The van der Waals surface area contributed by atoms with Crippen LogP contribution >= 0.6 is 0 Å². The van der Waals surface area contributed by atoms with E-state index < -0.39 is 11.9 Å². The maximum atomic E-state index is 12.9. The van der Waals surface area contributed by atoms with Crippen LogP contribution in [0, 0.1) is 11.3 Å². The van der Waals surface area contributed by atoms with Crippen molar-refractivity contribution in [2.45, 2.75) is 52.2 Å². The first-order valence-electron chi connectivity index (χ1n) is 14.4. The zero-order valence-electron chi connectivity index (χ0n) is 24.3. The normalized spacial score (nSPS) is 10.5. The molecule has 7 nitrogen and oxygen atoms in total. The molecule has 7 heteroatoms. The Morgan fingerprint density at radius 2 is 1.44 bits per heavy atom. The van der Waals surface area contributed by atoms with Crippen LogP contribution < -0.4 is 5.32 Å². The minimum Gasteiger partial charge on any atom is -0.474 e. The van der Waals surface area contributed by atoms with Gasteiger partial charge in [-0.25, -0.2) is 4.79 Å². The molecule has 0 aliphatic carbocycles. The van der Waals surface area contributed by atoms with Crippen LogP contribution in [-0.4, -0.2) is 27.8 Å². The van der Waals surface area contributed by atoms with E-state index in [1.165, 1.54) is 29.7 Å². The molecule has 4 rings (SSSR count). The van der Waals surface area contributed by atoms with Crippen molar-refractivity contribution in [3.05, 3.63) is 130 Å². The highest BCUT2D eigenvalue weighted by Crippen LogP contribution is 2.22. The van der Waals surface area contributed by atoms with Crippen molar-refractivity contribution in [1.29, 1.82) is 5.26 Å². The van der Waals surface area contributed by atoms with E-state index in [0.29, 0.717) is 23.2 Å². The standard InChI is InChI=1S/C36H35N3O4/c1-2-3-4-7-26-12-14-27(15-13-26)23-38-34(40)33-11-6-10-32(21-33)31-18-16-28(17-19-31)24-39(35(41)36(42)43)25-30-9-5-8-29(20-30)22-37/h5-6,8-21H,2-4,7,23-25H2,1H3,(H,38,40)(H,42,43). The summed E-state index contributed by atoms with van der Waals surface area (Å²) in [5, 5.41) is 21.5. The summed E-state index contributed by atoms with van der Waals surface area (Å²) >= 11 is 0. The molecule has 0 saturated heterocycles. The molecule has 2 amide bonds. The van der Waals surface area contributed by atoms with Gasteiger partial charge in [0.05, 0.1) is 11.6 Å². The number of aliphatic carboxylic acids is 1. The Morgan fingerprint density at radius 1 is 0.767 bits per heavy atom. The van der Waals surface area contributed by atoms with Crippen LogP contribution in [0.4, 0.5) is 0 Å². The number of nitrogens with one attached hydrogen (secondary N) is 1. The second kappa shape index (κ2) is 15.1. The molecule has 0 bridgehead atoms. The van der Waals surface area contributed by atoms with Crippen LogP contribution in [0.2, 0.25) is 0 Å². The van der Waals surface area contributed by atoms with Gasteiger partial charge in [0.1, 0.15) is 0 Å². The molecule has 0 aromatic heterocycles. The number of carbonyl (C=O) groups excluding carboxylic acids is 2. The van der Waals surface area contributed by atoms with Crippen LogP contribution in [0.25, 0.3) is 11.1 Å². The highest BCUT2D eigenvalue weighted by Gasteiger charge is 2.21. The maximum absolute atomic E-state index is 12.9. The van der Waals surface area contributed by atoms with Crippen LogP contribution in [0.5, 0.6) is 0 Å². The van der Waals surface area contributed by atoms with Crippen molar-refractivity contribution in [3.8, 4) is 17.2 Å². The first-order chi connectivity index (χ1) is 20.9. The monoisotopic (exact) mass is 573 g/mol. The Hall–Kier alpha value is -5.22. The third kappa shape index (κ3) is 8.88. The van der Waals surface area contributed by atoms with Gasteiger partial charge in [-0.1, -0.05) is 92.6 Å². The molecular weight excluding hydrogens is 538 g/mol. The lowest BCUT2D eigenvalue weighted by Gasteiger charge is -2.21. The van der Waals surface area contributed by atoms with Gasteiger partial charge in [-0.15, -0.1) is 0 Å². The summed E-state index contributed by atoms with van der Waals surface area (Å²) in [7, 11) is 0. The van der Waals surface area contributed by atoms with Gasteiger partial charge in [-0.05, 0) is 70.5 Å². The van der Waals surface area contributed by atoms with E-state index in [1.54, 1.807) is 30.3 Å². The number of carbonyl (C=O) groups is 3. The van der Waals surface area contributed by atoms with Crippen molar-refractivity contribution in [2.75, 3.05) is 0 Å². The van der Waals surface area contributed by atoms with Crippen LogP contribution in [0.1, 0.15) is 64.4 Å². The first kappa shape index (κ1) is 30.7. The predicted octanol–water partition coefficient (Wildman–Crippen LogP) is 6.50. The second-order valence-electron chi connectivity index (χ2n) is 10.5. The molecule has 0 atom stereocenters. The molecular formula is C36H35N3O4. The van der Waals surface area contributed by atoms with Crippen molar-refractivity contribution >= 4 is 17.8 Å². The van der Waals surface area contributed by atoms with Gasteiger partial charge in [-0.2, -0.15) is 5.26 Å². The number of rotatable bonds is 12. The van der Waals surface area contributed by atoms with E-state index in [4.69, 9.17) is 5.26 Å². The van der Waals surface area contributed by atoms with Crippen molar-refractivity contribution in [2.24, 2.45) is 0 Å². The number of aryl methyl sites for hydroxylation is 1. The van der Waals surface area contributed by atoms with Crippen molar-refractivity contribution < 1.29 is 19.5 Å². The minimum atomic E-state index is -1.54. The fourth-order valence-corrected chi connectivity index (χ4v) is 4.84. The predicted molar refractivity (Wildman–Crippen MR) is 166 cm³/mol. The SMILES string of the molecule is CCCCCc1ccc(CNC(=O)c2cccc(-c3ccc(CN(Cc4cccc(C#N)c4)C(=O)C(=O)O)cc3)c2)cc1. The average molecular weight is 574 g/mol. The molecule has 218 valence electrons. The third-order valence-electron chi connectivity index (χ3n) is 7.23. The number of carboxylic acids is 1. The third-order valence-corrected chi connectivity index (χ3v) is 7.23. The van der Waals surface area contributed by atoms with Gasteiger partial charge >= 0.3 is 11.9 Å². The first-order valence-corrected chi connectivity index (χ1v) is 14.4. The highest BCUT2D eigenvalue weighted by molar-refractivity contribution is 6.31. The van der Waals surface area contributed by atoms with Gasteiger partial charge in [-0.3, -0.25) is 9.59 Å². The number of benzene rings is 4. The molecule has 0 spiro atoms. The molecule has 43 heavy (non-hydrogen) atoms. The van der Waals surface area contributed by atoms with Crippen molar-refractivity contribution in [1.82, 2.24) is 10.2 Å². The molecule has 2 N–H and O–H groups in total. The summed E-state index contributed by atoms with van der Waals surface area (Å²) in [6.07, 6.45) is 4.69. The van der Waals surface area contributed by atoms with Gasteiger partial charge in [0.25, 0.3) is 5.91 Å². The second-order valence-corrected chi connectivity index (χ2v) is 10.5. The molecule has 0 aliphatic rings. The van der Waals surface area contributed by atoms with E-state index in [0.717, 1.165) is 28.7 Å². The Balaban J connectivity index is 1.39. The smallest absolute Gasteiger partial charge is 0.394 e. The number of carboxylic acid groups (broad SMARTS) is 1. The lowest BCUT2D eigenvalue weighted by Crippen LogP contribution is -2.35. The lowest BCUT2D eigenvalue weighted by atomic mass is 10.0. The average Bonchev–Trinajstić information content (AvgIpc) is 3.04. The van der Waals surface area contributed by atoms with Crippen LogP contribution in [0.3, 0.4) is 0 Å². The molecule has 0 fully saturated rings. The van der Waals surface area contributed by atoms with Gasteiger partial charge in [0, 0.05) is 25.2 Å². The summed E-state index contributed by atoms with van der Waals surface area (Å²) < 4.78 is 0. The topological polar surface area (TPSA) is 111 Å². The fourth-order valence-electron chi connectivity index (χ4n) is 4.84. The molecule has 0 saturated carbocycles. The van der Waals surface area contributed by atoms with Gasteiger partial charge < -0.3 is 15.3 Å². The number of hydrogen-bond acceptors (Lipinski definition) is 4. The van der Waals surface area contributed by atoms with Gasteiger partial charge in [0.2, 0.25) is 0 Å². The summed E-state index contributed by atoms with van der Waals surface area (Å²) in [5.41, 5.74) is 6.52. The van der Waals surface area contributed by atoms with Crippen LogP contribution in [-0.2, 0) is 35.6 Å². The van der Waals surface area contributed by atoms with E-state index in [2.05, 4.69) is 42.6 Å². The summed E-state index contributed by atoms with van der Waals surface area (Å²) in [5.74, 6) is -2.72. The minimum absolute atomic E-state index is 0.0582. The molecule has 0 radical (unpaired) electrons.